The van der Waals surface area contributed by atoms with E-state index in [0.717, 1.165) is 10.0 Å². The third kappa shape index (κ3) is 3.43. The molecule has 2 rings (SSSR count). The normalized spacial score (nSPS) is 10.3. The molecule has 0 fully saturated rings. The second kappa shape index (κ2) is 6.15. The summed E-state index contributed by atoms with van der Waals surface area (Å²) >= 11 is 9.36. The molecular weight excluding hydrogens is 346 g/mol. The third-order valence-corrected chi connectivity index (χ3v) is 3.34. The van der Waals surface area contributed by atoms with Crippen molar-refractivity contribution in [2.75, 3.05) is 5.73 Å². The van der Waals surface area contributed by atoms with Gasteiger partial charge in [-0.2, -0.15) is 0 Å². The van der Waals surface area contributed by atoms with Gasteiger partial charge in [-0.1, -0.05) is 39.7 Å². The summed E-state index contributed by atoms with van der Waals surface area (Å²) in [6.07, 6.45) is 0. The van der Waals surface area contributed by atoms with E-state index in [1.165, 1.54) is 12.1 Å². The summed E-state index contributed by atoms with van der Waals surface area (Å²) in [5, 5.41) is 9.33. The number of hydrogen-bond acceptors (Lipinski definition) is 3. The van der Waals surface area contributed by atoms with Crippen LogP contribution in [0.1, 0.15) is 15.9 Å². The number of carbonyl (C=O) groups is 1. The number of benzene rings is 2. The zero-order valence-corrected chi connectivity index (χ0v) is 12.6. The topological polar surface area (TPSA) is 72.5 Å². The number of nitrogens with two attached hydrogens (primary N) is 1. The van der Waals surface area contributed by atoms with E-state index in [0.29, 0.717) is 0 Å². The summed E-state index contributed by atoms with van der Waals surface area (Å²) in [7, 11) is 0. The van der Waals surface area contributed by atoms with Gasteiger partial charge in [-0.15, -0.1) is 0 Å². The number of rotatable bonds is 4. The standard InChI is InChI=1S/C14H11BrClNO3/c15-9-3-1-2-8(4-9)7-20-13-11(14(18)19)5-10(17)6-12(13)16/h1-6H,7,17H2,(H,18,19). The number of carboxylic acids is 1. The van der Waals surface area contributed by atoms with Crippen LogP contribution in [0.2, 0.25) is 5.02 Å². The summed E-state index contributed by atoms with van der Waals surface area (Å²) in [4.78, 5) is 11.2. The van der Waals surface area contributed by atoms with Gasteiger partial charge in [-0.25, -0.2) is 4.79 Å². The average molecular weight is 357 g/mol. The summed E-state index contributed by atoms with van der Waals surface area (Å²) in [6, 6.07) is 10.3. The first kappa shape index (κ1) is 14.7. The summed E-state index contributed by atoms with van der Waals surface area (Å²) in [5.41, 5.74) is 6.70. The van der Waals surface area contributed by atoms with Gasteiger partial charge in [0.2, 0.25) is 0 Å². The van der Waals surface area contributed by atoms with E-state index in [1.807, 2.05) is 24.3 Å². The van der Waals surface area contributed by atoms with E-state index in [-0.39, 0.29) is 28.6 Å². The second-order valence-electron chi connectivity index (χ2n) is 4.10. The molecule has 0 atom stereocenters. The van der Waals surface area contributed by atoms with Crippen LogP contribution in [-0.2, 0) is 6.61 Å². The number of aromatic carboxylic acids is 1. The first-order valence-electron chi connectivity index (χ1n) is 5.67. The van der Waals surface area contributed by atoms with Gasteiger partial charge >= 0.3 is 5.97 Å². The zero-order chi connectivity index (χ0) is 14.7. The highest BCUT2D eigenvalue weighted by molar-refractivity contribution is 9.10. The van der Waals surface area contributed by atoms with Crippen LogP contribution in [0.15, 0.2) is 40.9 Å². The SMILES string of the molecule is Nc1cc(Cl)c(OCc2cccc(Br)c2)c(C(=O)O)c1. The Hall–Kier alpha value is -1.72. The van der Waals surface area contributed by atoms with Gasteiger partial charge in [0.15, 0.2) is 5.75 Å². The first-order chi connectivity index (χ1) is 9.47. The molecule has 0 heterocycles. The van der Waals surface area contributed by atoms with Crippen LogP contribution in [0.5, 0.6) is 5.75 Å². The van der Waals surface area contributed by atoms with Gasteiger partial charge < -0.3 is 15.6 Å². The fourth-order valence-electron chi connectivity index (χ4n) is 1.70. The van der Waals surface area contributed by atoms with Crippen molar-refractivity contribution in [3.05, 3.63) is 57.0 Å². The molecule has 104 valence electrons. The molecule has 0 radical (unpaired) electrons. The van der Waals surface area contributed by atoms with Gasteiger partial charge in [-0.3, -0.25) is 0 Å². The fourth-order valence-corrected chi connectivity index (χ4v) is 2.43. The van der Waals surface area contributed by atoms with Gasteiger partial charge in [0.05, 0.1) is 5.02 Å². The van der Waals surface area contributed by atoms with E-state index >= 15 is 0 Å². The maximum Gasteiger partial charge on any atom is 0.339 e. The minimum absolute atomic E-state index is 0.0509. The molecule has 6 heteroatoms. The molecule has 0 saturated heterocycles. The Morgan fingerprint density at radius 2 is 2.10 bits per heavy atom. The van der Waals surface area contributed by atoms with Crippen molar-refractivity contribution in [3.8, 4) is 5.75 Å². The van der Waals surface area contributed by atoms with Crippen LogP contribution in [0.4, 0.5) is 5.69 Å². The molecule has 0 unspecified atom stereocenters. The Balaban J connectivity index is 2.27. The molecule has 0 saturated carbocycles. The lowest BCUT2D eigenvalue weighted by Gasteiger charge is -2.12. The van der Waals surface area contributed by atoms with Crippen molar-refractivity contribution in [2.45, 2.75) is 6.61 Å². The van der Waals surface area contributed by atoms with Gasteiger partial charge in [0.25, 0.3) is 0 Å². The van der Waals surface area contributed by atoms with Crippen molar-refractivity contribution >= 4 is 39.2 Å². The Labute approximate surface area is 129 Å². The van der Waals surface area contributed by atoms with Crippen LogP contribution in [0.25, 0.3) is 0 Å². The number of halogens is 2. The van der Waals surface area contributed by atoms with Crippen molar-refractivity contribution < 1.29 is 14.6 Å². The van der Waals surface area contributed by atoms with Gasteiger partial charge in [-0.05, 0) is 29.8 Å². The van der Waals surface area contributed by atoms with Gasteiger partial charge in [0, 0.05) is 10.2 Å². The van der Waals surface area contributed by atoms with Crippen LogP contribution in [-0.4, -0.2) is 11.1 Å². The van der Waals surface area contributed by atoms with Crippen LogP contribution in [0.3, 0.4) is 0 Å². The smallest absolute Gasteiger partial charge is 0.339 e. The minimum atomic E-state index is -1.14. The highest BCUT2D eigenvalue weighted by atomic mass is 79.9. The molecular formula is C14H11BrClNO3. The molecule has 2 aromatic rings. The first-order valence-corrected chi connectivity index (χ1v) is 6.84. The lowest BCUT2D eigenvalue weighted by Crippen LogP contribution is -2.05. The molecule has 0 aliphatic rings. The van der Waals surface area contributed by atoms with Crippen LogP contribution in [0, 0.1) is 0 Å². The predicted octanol–water partition coefficient (Wildman–Crippen LogP) is 3.96. The van der Waals surface area contributed by atoms with Crippen molar-refractivity contribution in [1.82, 2.24) is 0 Å². The number of anilines is 1. The van der Waals surface area contributed by atoms with E-state index in [1.54, 1.807) is 0 Å². The Bertz CT molecular complexity index is 661. The maximum absolute atomic E-state index is 11.2. The fraction of sp³-hybridized carbons (Fsp3) is 0.0714. The lowest BCUT2D eigenvalue weighted by molar-refractivity contribution is 0.0692. The summed E-state index contributed by atoms with van der Waals surface area (Å²) in [5.74, 6) is -1.02. The Kier molecular flexibility index (Phi) is 4.52. The average Bonchev–Trinajstić information content (AvgIpc) is 2.36. The van der Waals surface area contributed by atoms with Crippen LogP contribution < -0.4 is 10.5 Å². The molecule has 0 spiro atoms. The number of ether oxygens (including phenoxy) is 1. The number of carboxylic acid groups (broad SMARTS) is 1. The molecule has 20 heavy (non-hydrogen) atoms. The molecule has 4 nitrogen and oxygen atoms in total. The third-order valence-electron chi connectivity index (χ3n) is 2.57. The largest absolute Gasteiger partial charge is 0.486 e. The zero-order valence-electron chi connectivity index (χ0n) is 10.3. The quantitative estimate of drug-likeness (QED) is 0.813. The summed E-state index contributed by atoms with van der Waals surface area (Å²) in [6.45, 7) is 0.212. The van der Waals surface area contributed by atoms with Crippen molar-refractivity contribution in [3.63, 3.8) is 0 Å². The van der Waals surface area contributed by atoms with Gasteiger partial charge in [0.1, 0.15) is 12.2 Å². The molecule has 0 bridgehead atoms. The summed E-state index contributed by atoms with van der Waals surface area (Å²) < 4.78 is 6.45. The number of nitrogen functional groups attached to an aromatic ring is 1. The van der Waals surface area contributed by atoms with E-state index in [4.69, 9.17) is 27.2 Å². The number of hydrogen-bond donors (Lipinski definition) is 2. The molecule has 0 aliphatic heterocycles. The maximum atomic E-state index is 11.2. The minimum Gasteiger partial charge on any atom is -0.486 e. The van der Waals surface area contributed by atoms with Crippen molar-refractivity contribution in [2.24, 2.45) is 0 Å². The molecule has 3 N–H and O–H groups in total. The van der Waals surface area contributed by atoms with E-state index in [9.17, 15) is 4.79 Å². The van der Waals surface area contributed by atoms with Crippen molar-refractivity contribution in [1.29, 1.82) is 0 Å². The molecule has 0 aromatic heterocycles. The van der Waals surface area contributed by atoms with E-state index < -0.39 is 5.97 Å². The monoisotopic (exact) mass is 355 g/mol. The second-order valence-corrected chi connectivity index (χ2v) is 5.43. The van der Waals surface area contributed by atoms with E-state index in [2.05, 4.69) is 15.9 Å². The Morgan fingerprint density at radius 3 is 2.75 bits per heavy atom. The predicted molar refractivity (Wildman–Crippen MR) is 81.3 cm³/mol. The highest BCUT2D eigenvalue weighted by Crippen LogP contribution is 2.32. The highest BCUT2D eigenvalue weighted by Gasteiger charge is 2.16. The molecule has 0 aliphatic carbocycles. The lowest BCUT2D eigenvalue weighted by atomic mass is 10.1. The Morgan fingerprint density at radius 1 is 1.35 bits per heavy atom. The van der Waals surface area contributed by atoms with Crippen LogP contribution >= 0.6 is 27.5 Å². The molecule has 2 aromatic carbocycles. The molecule has 0 amide bonds.